The van der Waals surface area contributed by atoms with Gasteiger partial charge in [0.25, 0.3) is 0 Å². The molecule has 1 spiro atoms. The summed E-state index contributed by atoms with van der Waals surface area (Å²) < 4.78 is 47.2. The zero-order chi connectivity index (χ0) is 36.6. The van der Waals surface area contributed by atoms with Crippen molar-refractivity contribution < 1.29 is 48.2 Å². The van der Waals surface area contributed by atoms with Crippen LogP contribution in [0.4, 0.5) is 0 Å². The van der Waals surface area contributed by atoms with Crippen LogP contribution in [-0.4, -0.2) is 94.9 Å². The fourth-order valence-corrected chi connectivity index (χ4v) is 11.2. The van der Waals surface area contributed by atoms with Crippen molar-refractivity contribution in [1.82, 2.24) is 0 Å². The van der Waals surface area contributed by atoms with E-state index in [1.165, 1.54) is 0 Å². The molecule has 50 heavy (non-hydrogen) atoms. The summed E-state index contributed by atoms with van der Waals surface area (Å²) in [6.45, 7) is 21.0. The molecule has 0 aromatic heterocycles. The summed E-state index contributed by atoms with van der Waals surface area (Å²) >= 11 is 0. The smallest absolute Gasteiger partial charge is 0.308 e. The number of ether oxygens (including phenoxy) is 7. The molecule has 288 valence electrons. The number of hydrogen-bond acceptors (Lipinski definition) is 9. The van der Waals surface area contributed by atoms with Gasteiger partial charge in [0.2, 0.25) is 0 Å². The number of rotatable bonds is 8. The molecule has 0 saturated carbocycles. The fraction of sp³-hybridized carbons (Fsp3) is 0.975. The maximum Gasteiger partial charge on any atom is 0.308 e. The van der Waals surface area contributed by atoms with Gasteiger partial charge in [-0.1, -0.05) is 41.5 Å². The van der Waals surface area contributed by atoms with Gasteiger partial charge in [0.05, 0.1) is 66.0 Å². The third-order valence-corrected chi connectivity index (χ3v) is 14.4. The molecular weight excluding hydrogens is 640 g/mol. The molecule has 2 N–H and O–H groups in total. The standard InChI is InChI=1S/C40H68O10/c1-21-12-13-28(45-33(21)26(6)36(41)42)18-29-19-30(44-11)27(7)40(47-29)25(5)20-38(9,50-40)32-14-15-37(8,48-32)35-23(3)17-31(46-35)34-22(2)16-24(4)39(10,43)49-34/h21-35,43H,12-20H2,1-11H3,(H,41,42)/t21-,22-,23-,24+,25-,26?,27+,28?,29?,30+,31?,32?,33+,34?,35?,37-,38-,39-,40?/m0/s1. The van der Waals surface area contributed by atoms with Gasteiger partial charge in [0.1, 0.15) is 0 Å². The molecule has 0 bridgehead atoms. The highest BCUT2D eigenvalue weighted by atomic mass is 16.7. The van der Waals surface area contributed by atoms with Gasteiger partial charge in [-0.05, 0) is 90.4 Å². The average molecular weight is 709 g/mol. The molecule has 0 radical (unpaired) electrons. The number of hydrogen-bond donors (Lipinski definition) is 2. The number of carboxylic acid groups (broad SMARTS) is 1. The van der Waals surface area contributed by atoms with Crippen LogP contribution in [0, 0.1) is 41.4 Å². The Bertz CT molecular complexity index is 1210. The van der Waals surface area contributed by atoms with Crippen LogP contribution in [0.25, 0.3) is 0 Å². The lowest BCUT2D eigenvalue weighted by Crippen LogP contribution is -2.58. The van der Waals surface area contributed by atoms with Gasteiger partial charge in [0, 0.05) is 37.7 Å². The van der Waals surface area contributed by atoms with E-state index in [2.05, 4.69) is 55.4 Å². The maximum atomic E-state index is 11.8. The van der Waals surface area contributed by atoms with Crippen LogP contribution < -0.4 is 0 Å². The van der Waals surface area contributed by atoms with Gasteiger partial charge in [0.15, 0.2) is 11.6 Å². The second kappa shape index (κ2) is 14.1. The van der Waals surface area contributed by atoms with Gasteiger partial charge in [-0.3, -0.25) is 4.79 Å². The van der Waals surface area contributed by atoms with E-state index in [0.717, 1.165) is 51.4 Å². The minimum Gasteiger partial charge on any atom is -0.481 e. The normalized spacial score (nSPS) is 55.0. The molecule has 6 aliphatic heterocycles. The first-order valence-electron chi connectivity index (χ1n) is 19.8. The highest BCUT2D eigenvalue weighted by Gasteiger charge is 2.65. The van der Waals surface area contributed by atoms with Crippen molar-refractivity contribution in [3.05, 3.63) is 0 Å². The molecule has 19 atom stereocenters. The van der Waals surface area contributed by atoms with Crippen molar-refractivity contribution in [2.75, 3.05) is 7.11 Å². The third-order valence-electron chi connectivity index (χ3n) is 14.4. The Morgan fingerprint density at radius 1 is 0.840 bits per heavy atom. The van der Waals surface area contributed by atoms with Crippen LogP contribution in [0.5, 0.6) is 0 Å². The van der Waals surface area contributed by atoms with Crippen LogP contribution >= 0.6 is 0 Å². The minimum atomic E-state index is -1.15. The van der Waals surface area contributed by atoms with E-state index in [9.17, 15) is 15.0 Å². The molecule has 0 aromatic rings. The van der Waals surface area contributed by atoms with Crippen LogP contribution in [0.1, 0.15) is 127 Å². The van der Waals surface area contributed by atoms with Crippen LogP contribution in [0.2, 0.25) is 0 Å². The summed E-state index contributed by atoms with van der Waals surface area (Å²) in [6.07, 6.45) is 6.64. The van der Waals surface area contributed by atoms with Crippen LogP contribution in [0.15, 0.2) is 0 Å². The summed E-state index contributed by atoms with van der Waals surface area (Å²) in [4.78, 5) is 11.8. The van der Waals surface area contributed by atoms with Crippen molar-refractivity contribution >= 4 is 5.97 Å². The van der Waals surface area contributed by atoms with Gasteiger partial charge in [-0.25, -0.2) is 0 Å². The van der Waals surface area contributed by atoms with Crippen LogP contribution in [-0.2, 0) is 38.0 Å². The molecule has 10 nitrogen and oxygen atoms in total. The van der Waals surface area contributed by atoms with Crippen molar-refractivity contribution in [3.63, 3.8) is 0 Å². The number of aliphatic carboxylic acids is 1. The summed E-state index contributed by atoms with van der Waals surface area (Å²) in [5, 5.41) is 20.6. The Labute approximate surface area is 300 Å². The quantitative estimate of drug-likeness (QED) is 0.281. The second-order valence-corrected chi connectivity index (χ2v) is 18.4. The molecule has 6 rings (SSSR count). The van der Waals surface area contributed by atoms with E-state index in [-0.39, 0.29) is 72.5 Å². The summed E-state index contributed by atoms with van der Waals surface area (Å²) in [5.41, 5.74) is -1.02. The molecule has 6 fully saturated rings. The molecule has 6 saturated heterocycles. The Morgan fingerprint density at radius 3 is 2.24 bits per heavy atom. The van der Waals surface area contributed by atoms with Crippen molar-refractivity contribution in [1.29, 1.82) is 0 Å². The first-order valence-corrected chi connectivity index (χ1v) is 19.8. The first-order chi connectivity index (χ1) is 23.3. The Balaban J connectivity index is 1.13. The Kier molecular flexibility index (Phi) is 11.0. The number of carboxylic acids is 1. The zero-order valence-electron chi connectivity index (χ0n) is 32.7. The largest absolute Gasteiger partial charge is 0.481 e. The van der Waals surface area contributed by atoms with E-state index in [1.54, 1.807) is 21.0 Å². The maximum absolute atomic E-state index is 11.8. The SMILES string of the molecule is CO[C@@H]1CC(CC2CC[C@H](C)[C@H](C(C)C(=O)O)O2)OC2(O[C@](C)(C3CC[C@@](C)(C4OC(C5O[C@](C)(O)[C@H](C)C[C@@H]5C)C[C@@H]4C)O3)C[C@@H]2C)[C@@H]1C. The Morgan fingerprint density at radius 2 is 1.56 bits per heavy atom. The number of aliphatic hydroxyl groups is 1. The topological polar surface area (TPSA) is 122 Å². The lowest BCUT2D eigenvalue weighted by atomic mass is 9.78. The third kappa shape index (κ3) is 6.96. The van der Waals surface area contributed by atoms with E-state index >= 15 is 0 Å². The molecule has 0 aliphatic carbocycles. The van der Waals surface area contributed by atoms with Crippen molar-refractivity contribution in [2.45, 2.75) is 199 Å². The summed E-state index contributed by atoms with van der Waals surface area (Å²) in [7, 11) is 1.78. The molecule has 6 heterocycles. The predicted molar refractivity (Wildman–Crippen MR) is 187 cm³/mol. The molecule has 0 amide bonds. The van der Waals surface area contributed by atoms with Crippen molar-refractivity contribution in [3.8, 4) is 0 Å². The average Bonchev–Trinajstić information content (AvgIpc) is 3.72. The van der Waals surface area contributed by atoms with Crippen molar-refractivity contribution in [2.24, 2.45) is 41.4 Å². The molecular formula is C40H68O10. The van der Waals surface area contributed by atoms with Crippen LogP contribution in [0.3, 0.4) is 0 Å². The van der Waals surface area contributed by atoms with Gasteiger partial charge in [-0.15, -0.1) is 0 Å². The number of methoxy groups -OCH3 is 1. The van der Waals surface area contributed by atoms with E-state index in [4.69, 9.17) is 33.2 Å². The molecule has 10 heteroatoms. The first kappa shape index (κ1) is 38.9. The van der Waals surface area contributed by atoms with E-state index in [0.29, 0.717) is 18.3 Å². The summed E-state index contributed by atoms with van der Waals surface area (Å²) in [5.74, 6) is -2.36. The Hall–Kier alpha value is -0.850. The zero-order valence-corrected chi connectivity index (χ0v) is 32.7. The highest BCUT2D eigenvalue weighted by Crippen LogP contribution is 2.57. The number of carbonyl (C=O) groups is 1. The van der Waals surface area contributed by atoms with E-state index in [1.807, 2.05) is 0 Å². The fourth-order valence-electron chi connectivity index (χ4n) is 11.2. The predicted octanol–water partition coefficient (Wildman–Crippen LogP) is 6.73. The molecule has 6 aliphatic rings. The summed E-state index contributed by atoms with van der Waals surface area (Å²) in [6, 6.07) is 0. The molecule has 0 aromatic carbocycles. The van der Waals surface area contributed by atoms with Gasteiger partial charge >= 0.3 is 5.97 Å². The van der Waals surface area contributed by atoms with Gasteiger partial charge < -0.3 is 43.4 Å². The minimum absolute atomic E-state index is 0.0109. The second-order valence-electron chi connectivity index (χ2n) is 18.4. The lowest BCUT2D eigenvalue weighted by Gasteiger charge is -2.50. The highest BCUT2D eigenvalue weighted by molar-refractivity contribution is 5.70. The monoisotopic (exact) mass is 708 g/mol. The van der Waals surface area contributed by atoms with E-state index < -0.39 is 34.7 Å². The molecule has 8 unspecified atom stereocenters. The van der Waals surface area contributed by atoms with Gasteiger partial charge in [-0.2, -0.15) is 0 Å². The lowest BCUT2D eigenvalue weighted by molar-refractivity contribution is -0.352.